The Morgan fingerprint density at radius 2 is 1.76 bits per heavy atom. The lowest BCUT2D eigenvalue weighted by Crippen LogP contribution is -2.33. The van der Waals surface area contributed by atoms with Crippen LogP contribution in [0.5, 0.6) is 0 Å². The normalized spacial score (nSPS) is 14.3. The summed E-state index contributed by atoms with van der Waals surface area (Å²) in [4.78, 5) is 18.0. The summed E-state index contributed by atoms with van der Waals surface area (Å²) in [5.41, 5.74) is 1.36. The quantitative estimate of drug-likeness (QED) is 0.600. The van der Waals surface area contributed by atoms with Crippen LogP contribution in [0.25, 0.3) is 0 Å². The van der Waals surface area contributed by atoms with Gasteiger partial charge in [0.05, 0.1) is 12.2 Å². The van der Waals surface area contributed by atoms with Crippen molar-refractivity contribution in [3.8, 4) is 0 Å². The maximum absolute atomic E-state index is 8.98. The van der Waals surface area contributed by atoms with Crippen LogP contribution in [-0.4, -0.2) is 44.1 Å². The summed E-state index contributed by atoms with van der Waals surface area (Å²) in [5, 5.41) is 0. The second-order valence-corrected chi connectivity index (χ2v) is 4.97. The molecule has 0 saturated carbocycles. The number of benzene rings is 1. The number of hydrogen-bond donors (Lipinski definition) is 2. The highest BCUT2D eigenvalue weighted by Crippen LogP contribution is 2.28. The molecule has 0 bridgehead atoms. The molecule has 2 N–H and O–H groups in total. The van der Waals surface area contributed by atoms with Crippen molar-refractivity contribution in [2.24, 2.45) is 0 Å². The van der Waals surface area contributed by atoms with E-state index in [1.165, 1.54) is 12.9 Å². The summed E-state index contributed by atoms with van der Waals surface area (Å²) in [7, 11) is 6.71. The Kier molecular flexibility index (Phi) is 11.5. The first kappa shape index (κ1) is 20.3. The molecule has 0 aliphatic rings. The minimum atomic E-state index is -2.19. The van der Waals surface area contributed by atoms with Crippen LogP contribution in [0.2, 0.25) is 0 Å². The fourth-order valence-corrected chi connectivity index (χ4v) is 2.28. The van der Waals surface area contributed by atoms with Crippen molar-refractivity contribution in [3.05, 3.63) is 47.2 Å². The minimum Gasteiger partial charge on any atom is -0.378 e. The van der Waals surface area contributed by atoms with E-state index in [2.05, 4.69) is 0 Å². The van der Waals surface area contributed by atoms with Crippen molar-refractivity contribution in [2.45, 2.75) is 32.5 Å². The molecule has 4 nitrogen and oxygen atoms in total. The lowest BCUT2D eigenvalue weighted by molar-refractivity contribution is -0.0129. The van der Waals surface area contributed by atoms with Crippen molar-refractivity contribution < 1.29 is 19.3 Å². The Morgan fingerprint density at radius 1 is 1.19 bits per heavy atom. The molecule has 0 aliphatic heterocycles. The second-order valence-electron chi connectivity index (χ2n) is 4.07. The molecule has 0 spiro atoms. The fraction of sp³-hybridized carbons (Fsp3) is 0.467. The molecule has 1 unspecified atom stereocenters. The van der Waals surface area contributed by atoms with E-state index in [4.69, 9.17) is 27.1 Å². The Labute approximate surface area is 130 Å². The number of rotatable bonds is 7. The minimum absolute atomic E-state index is 0.265. The summed E-state index contributed by atoms with van der Waals surface area (Å²) in [6.07, 6.45) is -0.188. The molecule has 0 aromatic heterocycles. The number of methoxy groups -OCH3 is 2. The molecule has 0 fully saturated rings. The molecular weight excluding hydrogens is 286 g/mol. The van der Waals surface area contributed by atoms with Gasteiger partial charge in [-0.2, -0.15) is 0 Å². The van der Waals surface area contributed by atoms with Gasteiger partial charge in [-0.15, -0.1) is 0 Å². The van der Waals surface area contributed by atoms with E-state index in [0.717, 1.165) is 5.56 Å². The Balaban J connectivity index is 0.00000191. The number of ether oxygens (including phenoxy) is 2. The summed E-state index contributed by atoms with van der Waals surface area (Å²) in [6.45, 7) is 4.00. The van der Waals surface area contributed by atoms with Gasteiger partial charge in [-0.1, -0.05) is 49.7 Å². The first-order valence-electron chi connectivity index (χ1n) is 6.82. The lowest BCUT2D eigenvalue weighted by atomic mass is 9.87. The van der Waals surface area contributed by atoms with Crippen LogP contribution in [0.1, 0.15) is 19.4 Å². The molecule has 21 heavy (non-hydrogen) atoms. The Bertz CT molecular complexity index is 398. The van der Waals surface area contributed by atoms with Crippen LogP contribution in [0.4, 0.5) is 0 Å². The van der Waals surface area contributed by atoms with Gasteiger partial charge in [-0.25, -0.2) is 0 Å². The van der Waals surface area contributed by atoms with Crippen LogP contribution in [0.3, 0.4) is 0 Å². The zero-order chi connectivity index (χ0) is 16.3. The van der Waals surface area contributed by atoms with E-state index in [1.54, 1.807) is 7.11 Å². The molecule has 2 atom stereocenters. The van der Waals surface area contributed by atoms with E-state index in [-0.39, 0.29) is 11.6 Å². The zero-order valence-corrected chi connectivity index (χ0v) is 14.0. The molecule has 2 radical (unpaired) electrons. The van der Waals surface area contributed by atoms with Crippen molar-refractivity contribution in [3.63, 3.8) is 0 Å². The van der Waals surface area contributed by atoms with Crippen molar-refractivity contribution in [1.29, 1.82) is 0 Å². The van der Waals surface area contributed by atoms with Crippen LogP contribution in [-0.2, 0) is 15.9 Å². The molecule has 0 aliphatic carbocycles. The lowest BCUT2D eigenvalue weighted by Gasteiger charge is -2.26. The largest absolute Gasteiger partial charge is 0.378 e. The third kappa shape index (κ3) is 7.75. The van der Waals surface area contributed by atoms with Crippen molar-refractivity contribution >= 4 is 16.2 Å². The van der Waals surface area contributed by atoms with Crippen LogP contribution >= 0.6 is 8.38 Å². The van der Waals surface area contributed by atoms with Crippen LogP contribution < -0.4 is 0 Å². The van der Waals surface area contributed by atoms with Crippen LogP contribution in [0, 0.1) is 0 Å². The van der Waals surface area contributed by atoms with E-state index < -0.39 is 14.5 Å². The van der Waals surface area contributed by atoms with Gasteiger partial charge in [0.25, 0.3) is 0 Å². The van der Waals surface area contributed by atoms with E-state index >= 15 is 0 Å². The summed E-state index contributed by atoms with van der Waals surface area (Å²) < 4.78 is 10.7. The van der Waals surface area contributed by atoms with Gasteiger partial charge in [0.15, 0.2) is 8.38 Å². The second kappa shape index (κ2) is 11.9. The Morgan fingerprint density at radius 3 is 2.19 bits per heavy atom. The highest BCUT2D eigenvalue weighted by atomic mass is 31.2. The first-order chi connectivity index (χ1) is 10.1. The average molecular weight is 310 g/mol. The molecule has 116 valence electrons. The van der Waals surface area contributed by atoms with E-state index in [0.29, 0.717) is 6.42 Å². The van der Waals surface area contributed by atoms with Gasteiger partial charge >= 0.3 is 0 Å². The van der Waals surface area contributed by atoms with Gasteiger partial charge < -0.3 is 19.3 Å². The van der Waals surface area contributed by atoms with Gasteiger partial charge in [0.1, 0.15) is 7.85 Å². The monoisotopic (exact) mass is 310 g/mol. The standard InChI is InChI=1S/C13H18BO4P.C2H6/c1-17-12(8-10-6-4-3-5-7-10)13(18-2)11(14)9-19(15)16;1-2/h3-7,9,12-13,15-16H,8H2,1-2H3;1-2H3/b11-9-;/t12-,13?;/m0./s1. The average Bonchev–Trinajstić information content (AvgIpc) is 2.49. The van der Waals surface area contributed by atoms with Gasteiger partial charge in [0, 0.05) is 20.6 Å². The third-order valence-corrected chi connectivity index (χ3v) is 3.30. The van der Waals surface area contributed by atoms with Crippen molar-refractivity contribution in [2.75, 3.05) is 14.2 Å². The molecule has 1 aromatic rings. The summed E-state index contributed by atoms with van der Waals surface area (Å²) >= 11 is 0. The SMILES string of the molecule is CC.[B]/C(=C\P(O)O)C(OC)[C@H](Cc1ccccc1)OC. The van der Waals surface area contributed by atoms with Crippen molar-refractivity contribution in [1.82, 2.24) is 0 Å². The summed E-state index contributed by atoms with van der Waals surface area (Å²) in [5.74, 6) is 1.19. The first-order valence-corrected chi connectivity index (χ1v) is 8.13. The molecule has 1 rings (SSSR count). The predicted octanol–water partition coefficient (Wildman–Crippen LogP) is 2.59. The summed E-state index contributed by atoms with van der Waals surface area (Å²) in [6, 6.07) is 9.82. The molecule has 0 heterocycles. The van der Waals surface area contributed by atoms with E-state index in [9.17, 15) is 0 Å². The topological polar surface area (TPSA) is 58.9 Å². The molecule has 6 heteroatoms. The highest BCUT2D eigenvalue weighted by Gasteiger charge is 2.23. The van der Waals surface area contributed by atoms with Gasteiger partial charge in [-0.3, -0.25) is 0 Å². The number of hydrogen-bond acceptors (Lipinski definition) is 4. The molecular formula is C15H24BO4P. The van der Waals surface area contributed by atoms with Gasteiger partial charge in [0.2, 0.25) is 0 Å². The highest BCUT2D eigenvalue weighted by molar-refractivity contribution is 7.48. The fourth-order valence-electron chi connectivity index (χ4n) is 1.87. The zero-order valence-electron chi connectivity index (χ0n) is 13.1. The third-order valence-electron chi connectivity index (χ3n) is 2.77. The molecule has 0 saturated heterocycles. The van der Waals surface area contributed by atoms with E-state index in [1.807, 2.05) is 44.2 Å². The van der Waals surface area contributed by atoms with Crippen LogP contribution in [0.15, 0.2) is 41.6 Å². The molecule has 1 aromatic carbocycles. The maximum Gasteiger partial charge on any atom is 0.190 e. The smallest absolute Gasteiger partial charge is 0.190 e. The maximum atomic E-state index is 8.98. The van der Waals surface area contributed by atoms with Gasteiger partial charge in [-0.05, 0) is 11.4 Å². The predicted molar refractivity (Wildman–Crippen MR) is 88.3 cm³/mol. The Hall–Kier alpha value is -0.705. The molecule has 0 amide bonds.